The Bertz CT molecular complexity index is 592. The van der Waals surface area contributed by atoms with E-state index in [0.29, 0.717) is 5.02 Å². The van der Waals surface area contributed by atoms with Crippen molar-refractivity contribution < 1.29 is 4.74 Å². The normalized spacial score (nSPS) is 12.2. The third kappa shape index (κ3) is 3.51. The van der Waals surface area contributed by atoms with Crippen LogP contribution in [-0.2, 0) is 0 Å². The number of nitrogens with one attached hydrogen (secondary N) is 1. The second kappa shape index (κ2) is 7.07. The molecule has 1 heterocycles. The quantitative estimate of drug-likeness (QED) is 0.872. The van der Waals surface area contributed by atoms with Gasteiger partial charge >= 0.3 is 0 Å². The minimum atomic E-state index is -0.0109. The number of pyridine rings is 1. The highest BCUT2D eigenvalue weighted by Crippen LogP contribution is 2.31. The van der Waals surface area contributed by atoms with Gasteiger partial charge in [0.2, 0.25) is 0 Å². The van der Waals surface area contributed by atoms with Gasteiger partial charge in [0.15, 0.2) is 0 Å². The van der Waals surface area contributed by atoms with Crippen LogP contribution in [0.3, 0.4) is 0 Å². The highest BCUT2D eigenvalue weighted by atomic mass is 79.9. The van der Waals surface area contributed by atoms with E-state index in [9.17, 15) is 0 Å². The Hall–Kier alpha value is -1.10. The van der Waals surface area contributed by atoms with Crippen LogP contribution in [0.2, 0.25) is 5.02 Å². The van der Waals surface area contributed by atoms with Crippen LogP contribution < -0.4 is 10.1 Å². The minimum absolute atomic E-state index is 0.0109. The zero-order chi connectivity index (χ0) is 14.5. The van der Waals surface area contributed by atoms with Crippen molar-refractivity contribution in [1.29, 1.82) is 0 Å². The second-order valence-corrected chi connectivity index (χ2v) is 5.64. The average molecular weight is 356 g/mol. The lowest BCUT2D eigenvalue weighted by Crippen LogP contribution is -2.22. The van der Waals surface area contributed by atoms with Crippen LogP contribution in [0.25, 0.3) is 0 Å². The Morgan fingerprint density at radius 2 is 2.15 bits per heavy atom. The van der Waals surface area contributed by atoms with Gasteiger partial charge in [-0.15, -0.1) is 0 Å². The van der Waals surface area contributed by atoms with Crippen molar-refractivity contribution in [2.24, 2.45) is 0 Å². The molecule has 2 aromatic rings. The van der Waals surface area contributed by atoms with Crippen LogP contribution in [0.15, 0.2) is 41.1 Å². The van der Waals surface area contributed by atoms with Crippen molar-refractivity contribution in [3.8, 4) is 5.75 Å². The molecule has 0 bridgehead atoms. The van der Waals surface area contributed by atoms with E-state index in [1.165, 1.54) is 0 Å². The Kier molecular flexibility index (Phi) is 5.40. The summed E-state index contributed by atoms with van der Waals surface area (Å²) in [7, 11) is 1.63. The molecular formula is C15H16BrClN2O. The van der Waals surface area contributed by atoms with Gasteiger partial charge in [0.05, 0.1) is 19.3 Å². The zero-order valence-electron chi connectivity index (χ0n) is 11.4. The summed E-state index contributed by atoms with van der Waals surface area (Å²) in [6.45, 7) is 2.89. The van der Waals surface area contributed by atoms with Crippen LogP contribution in [0.1, 0.15) is 24.1 Å². The summed E-state index contributed by atoms with van der Waals surface area (Å²) < 4.78 is 6.20. The van der Waals surface area contributed by atoms with Gasteiger partial charge in [0, 0.05) is 15.7 Å². The van der Waals surface area contributed by atoms with Crippen molar-refractivity contribution in [2.45, 2.75) is 13.0 Å². The molecule has 0 aliphatic rings. The molecule has 20 heavy (non-hydrogen) atoms. The Morgan fingerprint density at radius 1 is 1.35 bits per heavy atom. The molecule has 1 N–H and O–H groups in total. The topological polar surface area (TPSA) is 34.2 Å². The predicted octanol–water partition coefficient (Wildman–Crippen LogP) is 4.21. The molecular weight excluding hydrogens is 340 g/mol. The van der Waals surface area contributed by atoms with E-state index < -0.39 is 0 Å². The standard InChI is InChI=1S/C15H16BrClN2O/c1-3-19-15(10-6-12(20-2)9-18-8-10)13-5-4-11(16)7-14(13)17/h4-9,15,19H,3H2,1-2H3. The maximum atomic E-state index is 6.36. The first kappa shape index (κ1) is 15.3. The van der Waals surface area contributed by atoms with Gasteiger partial charge in [0.25, 0.3) is 0 Å². The molecule has 0 amide bonds. The molecule has 1 aromatic carbocycles. The second-order valence-electron chi connectivity index (χ2n) is 4.31. The molecule has 0 saturated carbocycles. The van der Waals surface area contributed by atoms with Gasteiger partial charge in [0.1, 0.15) is 5.75 Å². The van der Waals surface area contributed by atoms with E-state index in [2.05, 4.69) is 33.2 Å². The highest BCUT2D eigenvalue weighted by molar-refractivity contribution is 9.10. The van der Waals surface area contributed by atoms with Crippen LogP contribution in [0.4, 0.5) is 0 Å². The molecule has 1 unspecified atom stereocenters. The fraction of sp³-hybridized carbons (Fsp3) is 0.267. The molecule has 0 radical (unpaired) electrons. The van der Waals surface area contributed by atoms with Gasteiger partial charge in [-0.3, -0.25) is 4.98 Å². The van der Waals surface area contributed by atoms with Crippen molar-refractivity contribution in [2.75, 3.05) is 13.7 Å². The van der Waals surface area contributed by atoms with Gasteiger partial charge in [-0.05, 0) is 35.9 Å². The third-order valence-electron chi connectivity index (χ3n) is 2.99. The van der Waals surface area contributed by atoms with Crippen LogP contribution in [0.5, 0.6) is 5.75 Å². The highest BCUT2D eigenvalue weighted by Gasteiger charge is 2.17. The molecule has 1 aromatic heterocycles. The fourth-order valence-corrected chi connectivity index (χ4v) is 2.83. The number of nitrogens with zero attached hydrogens (tertiary/aromatic N) is 1. The summed E-state index contributed by atoms with van der Waals surface area (Å²) >= 11 is 9.79. The average Bonchev–Trinajstić information content (AvgIpc) is 2.45. The SMILES string of the molecule is CCNC(c1cncc(OC)c1)c1ccc(Br)cc1Cl. The molecule has 106 valence electrons. The molecule has 0 aliphatic carbocycles. The number of benzene rings is 1. The van der Waals surface area contributed by atoms with Crippen molar-refractivity contribution in [3.05, 3.63) is 57.3 Å². The summed E-state index contributed by atoms with van der Waals surface area (Å²) in [6, 6.07) is 7.86. The number of hydrogen-bond donors (Lipinski definition) is 1. The number of methoxy groups -OCH3 is 1. The molecule has 0 fully saturated rings. The molecule has 2 rings (SSSR count). The minimum Gasteiger partial charge on any atom is -0.495 e. The van der Waals surface area contributed by atoms with Crippen LogP contribution in [-0.4, -0.2) is 18.6 Å². The number of halogens is 2. The smallest absolute Gasteiger partial charge is 0.137 e. The first-order valence-electron chi connectivity index (χ1n) is 6.33. The largest absolute Gasteiger partial charge is 0.495 e. The van der Waals surface area contributed by atoms with E-state index in [-0.39, 0.29) is 6.04 Å². The van der Waals surface area contributed by atoms with Crippen molar-refractivity contribution in [3.63, 3.8) is 0 Å². The summed E-state index contributed by atoms with van der Waals surface area (Å²) in [5.74, 6) is 0.735. The first-order valence-corrected chi connectivity index (χ1v) is 7.50. The number of hydrogen-bond acceptors (Lipinski definition) is 3. The Labute approximate surface area is 132 Å². The van der Waals surface area contributed by atoms with Crippen LogP contribution in [0, 0.1) is 0 Å². The first-order chi connectivity index (χ1) is 9.65. The summed E-state index contributed by atoms with van der Waals surface area (Å²) in [4.78, 5) is 4.21. The van der Waals surface area contributed by atoms with Gasteiger partial charge < -0.3 is 10.1 Å². The fourth-order valence-electron chi connectivity index (χ4n) is 2.05. The van der Waals surface area contributed by atoms with E-state index in [1.54, 1.807) is 13.3 Å². The molecule has 0 spiro atoms. The third-order valence-corrected chi connectivity index (χ3v) is 3.81. The zero-order valence-corrected chi connectivity index (χ0v) is 13.7. The Balaban J connectivity index is 2.44. The number of rotatable bonds is 5. The van der Waals surface area contributed by atoms with Crippen LogP contribution >= 0.6 is 27.5 Å². The van der Waals surface area contributed by atoms with Gasteiger partial charge in [-0.2, -0.15) is 0 Å². The lowest BCUT2D eigenvalue weighted by Gasteiger charge is -2.20. The monoisotopic (exact) mass is 354 g/mol. The maximum Gasteiger partial charge on any atom is 0.137 e. The molecule has 1 atom stereocenters. The number of aromatic nitrogens is 1. The van der Waals surface area contributed by atoms with Gasteiger partial charge in [-0.1, -0.05) is 40.5 Å². The predicted molar refractivity (Wildman–Crippen MR) is 85.5 cm³/mol. The maximum absolute atomic E-state index is 6.36. The Morgan fingerprint density at radius 3 is 2.80 bits per heavy atom. The van der Waals surface area contributed by atoms with E-state index in [4.69, 9.17) is 16.3 Å². The molecule has 5 heteroatoms. The lowest BCUT2D eigenvalue weighted by atomic mass is 10.00. The van der Waals surface area contributed by atoms with E-state index >= 15 is 0 Å². The van der Waals surface area contributed by atoms with E-state index in [0.717, 1.165) is 27.9 Å². The summed E-state index contributed by atoms with van der Waals surface area (Å²) in [5.41, 5.74) is 2.04. The lowest BCUT2D eigenvalue weighted by molar-refractivity contribution is 0.411. The molecule has 3 nitrogen and oxygen atoms in total. The van der Waals surface area contributed by atoms with Crippen molar-refractivity contribution in [1.82, 2.24) is 10.3 Å². The van der Waals surface area contributed by atoms with Crippen molar-refractivity contribution >= 4 is 27.5 Å². The summed E-state index contributed by atoms with van der Waals surface area (Å²) in [5, 5.41) is 4.15. The molecule has 0 saturated heterocycles. The van der Waals surface area contributed by atoms with E-state index in [1.807, 2.05) is 30.5 Å². The molecule has 0 aliphatic heterocycles. The number of ether oxygens (including phenoxy) is 1. The summed E-state index contributed by atoms with van der Waals surface area (Å²) in [6.07, 6.45) is 3.52. The van der Waals surface area contributed by atoms with Gasteiger partial charge in [-0.25, -0.2) is 0 Å².